The maximum Gasteiger partial charge on any atom is 0.340 e. The highest BCUT2D eigenvalue weighted by atomic mass is 32.2. The Kier molecular flexibility index (Phi) is 5.84. The average Bonchev–Trinajstić information content (AvgIpc) is 3.11. The van der Waals surface area contributed by atoms with Crippen LogP contribution < -0.4 is 9.04 Å². The lowest BCUT2D eigenvalue weighted by Gasteiger charge is -2.28. The number of anilines is 1. The molecule has 0 amide bonds. The zero-order valence-electron chi connectivity index (χ0n) is 17.0. The van der Waals surface area contributed by atoms with Crippen LogP contribution in [-0.4, -0.2) is 51.4 Å². The zero-order valence-corrected chi connectivity index (χ0v) is 17.8. The number of para-hydroxylation sites is 1. The molecule has 9 heteroatoms. The van der Waals surface area contributed by atoms with Crippen LogP contribution >= 0.6 is 0 Å². The second kappa shape index (κ2) is 8.19. The molecule has 0 radical (unpaired) electrons. The second-order valence-electron chi connectivity index (χ2n) is 6.70. The van der Waals surface area contributed by atoms with Crippen LogP contribution in [0.3, 0.4) is 0 Å². The number of sulfonamides is 1. The number of hydrogen-bond acceptors (Lipinski definition) is 6. The minimum Gasteiger partial charge on any atom is -0.497 e. The number of ether oxygens (including phenoxy) is 2. The van der Waals surface area contributed by atoms with Gasteiger partial charge in [-0.1, -0.05) is 24.3 Å². The first-order valence-electron chi connectivity index (χ1n) is 9.05. The smallest absolute Gasteiger partial charge is 0.340 e. The summed E-state index contributed by atoms with van der Waals surface area (Å²) in [7, 11) is -1.08. The number of fused-ring (bicyclic) bond motifs is 1. The zero-order chi connectivity index (χ0) is 22.1. The lowest BCUT2D eigenvalue weighted by Crippen LogP contribution is -2.44. The van der Waals surface area contributed by atoms with Gasteiger partial charge in [0.2, 0.25) is 10.0 Å². The van der Waals surface area contributed by atoms with Crippen molar-refractivity contribution < 1.29 is 27.5 Å². The Morgan fingerprint density at radius 1 is 1.07 bits per heavy atom. The van der Waals surface area contributed by atoms with Gasteiger partial charge >= 0.3 is 5.97 Å². The summed E-state index contributed by atoms with van der Waals surface area (Å²) in [5.41, 5.74) is 0.997. The normalized spacial score (nSPS) is 12.4. The molecular formula is C21H22N2O6S. The maximum atomic E-state index is 13.4. The van der Waals surface area contributed by atoms with Crippen LogP contribution in [0, 0.1) is 0 Å². The largest absolute Gasteiger partial charge is 0.497 e. The van der Waals surface area contributed by atoms with Gasteiger partial charge in [-0.3, -0.25) is 13.7 Å². The number of aromatic nitrogens is 1. The van der Waals surface area contributed by atoms with E-state index in [0.29, 0.717) is 22.3 Å². The number of hydrogen-bond donors (Lipinski definition) is 0. The molecule has 158 valence electrons. The molecule has 1 heterocycles. The van der Waals surface area contributed by atoms with E-state index in [1.165, 1.54) is 31.9 Å². The molecule has 0 aliphatic heterocycles. The number of methoxy groups -OCH3 is 2. The summed E-state index contributed by atoms with van der Waals surface area (Å²) in [4.78, 5) is 25.5. The lowest BCUT2D eigenvalue weighted by atomic mass is 10.2. The van der Waals surface area contributed by atoms with E-state index in [4.69, 9.17) is 9.47 Å². The van der Waals surface area contributed by atoms with Gasteiger partial charge in [0.25, 0.3) is 5.91 Å². The Bertz CT molecular complexity index is 1220. The van der Waals surface area contributed by atoms with E-state index in [0.717, 1.165) is 10.6 Å². The van der Waals surface area contributed by atoms with Crippen molar-refractivity contribution in [1.29, 1.82) is 0 Å². The van der Waals surface area contributed by atoms with E-state index in [-0.39, 0.29) is 5.56 Å². The SMILES string of the molecule is COC(=O)c1cn(C(=O)[C@@H](C)N(c2cccc(OC)c2)S(C)(=O)=O)c2ccccc12. The predicted molar refractivity (Wildman–Crippen MR) is 114 cm³/mol. The number of nitrogens with zero attached hydrogens (tertiary/aromatic N) is 2. The van der Waals surface area contributed by atoms with Crippen molar-refractivity contribution in [1.82, 2.24) is 4.57 Å². The molecular weight excluding hydrogens is 408 g/mol. The van der Waals surface area contributed by atoms with E-state index in [2.05, 4.69) is 0 Å². The van der Waals surface area contributed by atoms with E-state index in [1.807, 2.05) is 0 Å². The Morgan fingerprint density at radius 2 is 1.77 bits per heavy atom. The number of carbonyl (C=O) groups is 2. The van der Waals surface area contributed by atoms with Crippen molar-refractivity contribution in [3.63, 3.8) is 0 Å². The third-order valence-corrected chi connectivity index (χ3v) is 5.97. The van der Waals surface area contributed by atoms with E-state index in [1.54, 1.807) is 48.5 Å². The summed E-state index contributed by atoms with van der Waals surface area (Å²) in [6.45, 7) is 1.50. The average molecular weight is 430 g/mol. The minimum absolute atomic E-state index is 0.223. The van der Waals surface area contributed by atoms with Gasteiger partial charge in [-0.05, 0) is 25.1 Å². The van der Waals surface area contributed by atoms with Gasteiger partial charge in [-0.25, -0.2) is 13.2 Å². The summed E-state index contributed by atoms with van der Waals surface area (Å²) >= 11 is 0. The molecule has 0 spiro atoms. The van der Waals surface area contributed by atoms with Gasteiger partial charge in [0.1, 0.15) is 11.8 Å². The highest BCUT2D eigenvalue weighted by Crippen LogP contribution is 2.28. The molecule has 0 aliphatic rings. The first kappa shape index (κ1) is 21.4. The third-order valence-electron chi connectivity index (χ3n) is 4.73. The summed E-state index contributed by atoms with van der Waals surface area (Å²) in [6.07, 6.45) is 2.41. The van der Waals surface area contributed by atoms with Crippen LogP contribution in [-0.2, 0) is 14.8 Å². The van der Waals surface area contributed by atoms with E-state index >= 15 is 0 Å². The number of benzene rings is 2. The highest BCUT2D eigenvalue weighted by Gasteiger charge is 2.31. The first-order valence-corrected chi connectivity index (χ1v) is 10.9. The van der Waals surface area contributed by atoms with E-state index < -0.39 is 27.9 Å². The fourth-order valence-electron chi connectivity index (χ4n) is 3.39. The monoisotopic (exact) mass is 430 g/mol. The van der Waals surface area contributed by atoms with Gasteiger partial charge in [0.15, 0.2) is 0 Å². The molecule has 3 aromatic rings. The van der Waals surface area contributed by atoms with Gasteiger partial charge in [0, 0.05) is 17.6 Å². The molecule has 0 saturated heterocycles. The number of esters is 1. The molecule has 0 unspecified atom stereocenters. The number of carbonyl (C=O) groups excluding carboxylic acids is 2. The first-order chi connectivity index (χ1) is 14.2. The molecule has 2 aromatic carbocycles. The van der Waals surface area contributed by atoms with Crippen molar-refractivity contribution in [3.8, 4) is 5.75 Å². The Morgan fingerprint density at radius 3 is 2.40 bits per heavy atom. The van der Waals surface area contributed by atoms with Crippen molar-refractivity contribution in [2.24, 2.45) is 0 Å². The van der Waals surface area contributed by atoms with Crippen LogP contribution in [0.15, 0.2) is 54.7 Å². The molecule has 30 heavy (non-hydrogen) atoms. The van der Waals surface area contributed by atoms with Crippen LogP contribution in [0.25, 0.3) is 10.9 Å². The Hall–Kier alpha value is -3.33. The fourth-order valence-corrected chi connectivity index (χ4v) is 4.55. The summed E-state index contributed by atoms with van der Waals surface area (Å²) < 4.78 is 37.5. The van der Waals surface area contributed by atoms with Crippen LogP contribution in [0.4, 0.5) is 5.69 Å². The van der Waals surface area contributed by atoms with Gasteiger partial charge in [0.05, 0.1) is 37.2 Å². The van der Waals surface area contributed by atoms with Crippen molar-refractivity contribution in [3.05, 3.63) is 60.3 Å². The molecule has 0 bridgehead atoms. The summed E-state index contributed by atoms with van der Waals surface area (Å²) in [5, 5.41) is 0.539. The number of rotatable bonds is 6. The third kappa shape index (κ3) is 3.88. The van der Waals surface area contributed by atoms with Crippen LogP contribution in [0.5, 0.6) is 5.75 Å². The Balaban J connectivity index is 2.12. The van der Waals surface area contributed by atoms with Crippen molar-refractivity contribution >= 4 is 38.5 Å². The fraction of sp³-hybridized carbons (Fsp3) is 0.238. The molecule has 3 rings (SSSR count). The van der Waals surface area contributed by atoms with Crippen LogP contribution in [0.1, 0.15) is 22.1 Å². The molecule has 8 nitrogen and oxygen atoms in total. The molecule has 0 N–H and O–H groups in total. The molecule has 1 atom stereocenters. The topological polar surface area (TPSA) is 94.9 Å². The maximum absolute atomic E-state index is 13.4. The van der Waals surface area contributed by atoms with Crippen molar-refractivity contribution in [2.45, 2.75) is 13.0 Å². The Labute approximate surface area is 174 Å². The summed E-state index contributed by atoms with van der Waals surface area (Å²) in [6, 6.07) is 12.2. The van der Waals surface area contributed by atoms with Gasteiger partial charge < -0.3 is 9.47 Å². The second-order valence-corrected chi connectivity index (χ2v) is 8.56. The van der Waals surface area contributed by atoms with Crippen LogP contribution in [0.2, 0.25) is 0 Å². The van der Waals surface area contributed by atoms with Crippen molar-refractivity contribution in [2.75, 3.05) is 24.8 Å². The molecule has 1 aromatic heterocycles. The van der Waals surface area contributed by atoms with E-state index in [9.17, 15) is 18.0 Å². The lowest BCUT2D eigenvalue weighted by molar-refractivity contribution is 0.0603. The highest BCUT2D eigenvalue weighted by molar-refractivity contribution is 7.92. The molecule has 0 aliphatic carbocycles. The predicted octanol–water partition coefficient (Wildman–Crippen LogP) is 2.93. The minimum atomic E-state index is -3.81. The summed E-state index contributed by atoms with van der Waals surface area (Å²) in [5.74, 6) is -0.645. The van der Waals surface area contributed by atoms with Gasteiger partial charge in [-0.15, -0.1) is 0 Å². The molecule has 0 fully saturated rings. The van der Waals surface area contributed by atoms with Gasteiger partial charge in [-0.2, -0.15) is 0 Å². The molecule has 0 saturated carbocycles. The standard InChI is InChI=1S/C21H22N2O6S/c1-14(23(30(4,26)27)15-8-7-9-16(12-15)28-2)20(24)22-13-18(21(25)29-3)17-10-5-6-11-19(17)22/h5-14H,1-4H3/t14-/m1/s1. The quantitative estimate of drug-likeness (QED) is 0.558.